The van der Waals surface area contributed by atoms with E-state index in [-0.39, 0.29) is 43.5 Å². The third-order valence-corrected chi connectivity index (χ3v) is 6.79. The summed E-state index contributed by atoms with van der Waals surface area (Å²) in [5.41, 5.74) is 1.70. The Kier molecular flexibility index (Phi) is 6.22. The number of nitrogens with one attached hydrogen (secondary N) is 1. The van der Waals surface area contributed by atoms with E-state index in [1.807, 2.05) is 25.1 Å². The minimum Gasteiger partial charge on any atom is -0.375 e. The van der Waals surface area contributed by atoms with Crippen molar-refractivity contribution in [3.8, 4) is 0 Å². The monoisotopic (exact) mass is 425 g/mol. The maximum atomic E-state index is 13.4. The predicted octanol–water partition coefficient (Wildman–Crippen LogP) is 2.73. The molecular formula is C19H21ClFN3O3S. The van der Waals surface area contributed by atoms with Gasteiger partial charge in [-0.05, 0) is 42.8 Å². The zero-order valence-electron chi connectivity index (χ0n) is 15.4. The van der Waals surface area contributed by atoms with Crippen LogP contribution in [-0.4, -0.2) is 56.3 Å². The number of benzene rings is 2. The average molecular weight is 426 g/mol. The molecule has 0 spiro atoms. The zero-order chi connectivity index (χ0) is 20.3. The first-order chi connectivity index (χ1) is 13.3. The Morgan fingerprint density at radius 2 is 1.86 bits per heavy atom. The number of hydrogen-bond acceptors (Lipinski definition) is 4. The van der Waals surface area contributed by atoms with Crippen LogP contribution in [0.5, 0.6) is 0 Å². The number of rotatable bonds is 5. The molecule has 0 saturated carbocycles. The largest absolute Gasteiger partial charge is 0.375 e. The van der Waals surface area contributed by atoms with Gasteiger partial charge in [-0.15, -0.1) is 0 Å². The van der Waals surface area contributed by atoms with E-state index in [1.54, 1.807) is 4.90 Å². The summed E-state index contributed by atoms with van der Waals surface area (Å²) in [6.07, 6.45) is 0. The van der Waals surface area contributed by atoms with Gasteiger partial charge < -0.3 is 10.2 Å². The van der Waals surface area contributed by atoms with Gasteiger partial charge in [0.05, 0.1) is 22.2 Å². The molecule has 3 rings (SSSR count). The van der Waals surface area contributed by atoms with Crippen molar-refractivity contribution in [2.75, 3.05) is 38.0 Å². The molecule has 1 amide bonds. The highest BCUT2D eigenvalue weighted by Gasteiger charge is 2.30. The van der Waals surface area contributed by atoms with Gasteiger partial charge in [0.15, 0.2) is 0 Å². The lowest BCUT2D eigenvalue weighted by Gasteiger charge is -2.34. The van der Waals surface area contributed by atoms with Crippen molar-refractivity contribution < 1.29 is 17.6 Å². The minimum absolute atomic E-state index is 0.0689. The fraction of sp³-hybridized carbons (Fsp3) is 0.316. The second kappa shape index (κ2) is 8.46. The number of piperazine rings is 1. The molecule has 28 heavy (non-hydrogen) atoms. The highest BCUT2D eigenvalue weighted by molar-refractivity contribution is 7.89. The molecule has 0 unspecified atom stereocenters. The third kappa shape index (κ3) is 4.63. The lowest BCUT2D eigenvalue weighted by Crippen LogP contribution is -2.51. The van der Waals surface area contributed by atoms with Crippen LogP contribution in [0.25, 0.3) is 0 Å². The molecule has 0 aromatic heterocycles. The molecule has 150 valence electrons. The lowest BCUT2D eigenvalue weighted by atomic mass is 10.2. The molecule has 1 aliphatic heterocycles. The van der Waals surface area contributed by atoms with Crippen molar-refractivity contribution >= 4 is 33.2 Å². The summed E-state index contributed by atoms with van der Waals surface area (Å²) in [4.78, 5) is 13.9. The fourth-order valence-corrected chi connectivity index (χ4v) is 4.76. The van der Waals surface area contributed by atoms with Crippen molar-refractivity contribution in [3.63, 3.8) is 0 Å². The Hall–Kier alpha value is -2.16. The Labute approximate surface area is 168 Å². The van der Waals surface area contributed by atoms with Crippen molar-refractivity contribution in [2.24, 2.45) is 0 Å². The Balaban J connectivity index is 1.56. The van der Waals surface area contributed by atoms with Crippen LogP contribution in [0, 0.1) is 12.7 Å². The standard InChI is InChI=1S/C19H21ClFN3O3S/c1-14-5-6-18(17(20)11-14)22-13-19(25)23-7-9-24(10-8-23)28(26,27)16-4-2-3-15(21)12-16/h2-6,11-12,22H,7-10,13H2,1H3. The van der Waals surface area contributed by atoms with Gasteiger partial charge >= 0.3 is 0 Å². The van der Waals surface area contributed by atoms with E-state index < -0.39 is 15.8 Å². The number of carbonyl (C=O) groups is 1. The van der Waals surface area contributed by atoms with Crippen molar-refractivity contribution in [1.29, 1.82) is 0 Å². The highest BCUT2D eigenvalue weighted by atomic mass is 35.5. The molecule has 2 aromatic rings. The molecule has 2 aromatic carbocycles. The summed E-state index contributed by atoms with van der Waals surface area (Å²) in [6.45, 7) is 2.87. The Morgan fingerprint density at radius 1 is 1.14 bits per heavy atom. The molecule has 6 nitrogen and oxygen atoms in total. The van der Waals surface area contributed by atoms with Gasteiger partial charge in [0, 0.05) is 26.2 Å². The minimum atomic E-state index is -3.78. The summed E-state index contributed by atoms with van der Waals surface area (Å²) < 4.78 is 39.9. The van der Waals surface area contributed by atoms with Gasteiger partial charge in [-0.25, -0.2) is 12.8 Å². The van der Waals surface area contributed by atoms with Crippen LogP contribution in [-0.2, 0) is 14.8 Å². The summed E-state index contributed by atoms with van der Waals surface area (Å²) in [5, 5.41) is 3.55. The molecule has 1 fully saturated rings. The number of aryl methyl sites for hydroxylation is 1. The number of carbonyl (C=O) groups excluding carboxylic acids is 1. The van der Waals surface area contributed by atoms with Crippen LogP contribution in [0.15, 0.2) is 47.4 Å². The molecule has 0 atom stereocenters. The van der Waals surface area contributed by atoms with Gasteiger partial charge in [-0.2, -0.15) is 4.31 Å². The van der Waals surface area contributed by atoms with Crippen molar-refractivity contribution in [2.45, 2.75) is 11.8 Å². The first kappa shape index (κ1) is 20.6. The first-order valence-corrected chi connectivity index (χ1v) is 10.6. The summed E-state index contributed by atoms with van der Waals surface area (Å²) >= 11 is 6.15. The summed E-state index contributed by atoms with van der Waals surface area (Å²) in [5.74, 6) is -0.741. The van der Waals surface area contributed by atoms with Gasteiger partial charge in [-0.3, -0.25) is 4.79 Å². The Bertz CT molecular complexity index is 976. The summed E-state index contributed by atoms with van der Waals surface area (Å²) in [6, 6.07) is 10.5. The van der Waals surface area contributed by atoms with Crippen LogP contribution in [0.4, 0.5) is 10.1 Å². The van der Waals surface area contributed by atoms with E-state index in [2.05, 4.69) is 5.32 Å². The van der Waals surface area contributed by atoms with E-state index in [9.17, 15) is 17.6 Å². The number of amides is 1. The lowest BCUT2D eigenvalue weighted by molar-refractivity contribution is -0.130. The highest BCUT2D eigenvalue weighted by Crippen LogP contribution is 2.23. The van der Waals surface area contributed by atoms with Crippen molar-refractivity contribution in [3.05, 3.63) is 58.9 Å². The SMILES string of the molecule is Cc1ccc(NCC(=O)N2CCN(S(=O)(=O)c3cccc(F)c3)CC2)c(Cl)c1. The number of hydrogen-bond donors (Lipinski definition) is 1. The number of nitrogens with zero attached hydrogens (tertiary/aromatic N) is 2. The van der Waals surface area contributed by atoms with Crippen LogP contribution < -0.4 is 5.32 Å². The van der Waals surface area contributed by atoms with E-state index in [4.69, 9.17) is 11.6 Å². The topological polar surface area (TPSA) is 69.7 Å². The number of halogens is 2. The molecule has 1 N–H and O–H groups in total. The van der Waals surface area contributed by atoms with Gasteiger partial charge in [0.25, 0.3) is 0 Å². The maximum Gasteiger partial charge on any atom is 0.243 e. The predicted molar refractivity (Wildman–Crippen MR) is 106 cm³/mol. The molecule has 0 aliphatic carbocycles. The van der Waals surface area contributed by atoms with E-state index >= 15 is 0 Å². The normalized spacial score (nSPS) is 15.5. The molecule has 0 bridgehead atoms. The molecule has 1 heterocycles. The zero-order valence-corrected chi connectivity index (χ0v) is 16.9. The average Bonchev–Trinajstić information content (AvgIpc) is 2.67. The molecule has 1 saturated heterocycles. The Morgan fingerprint density at radius 3 is 2.50 bits per heavy atom. The smallest absolute Gasteiger partial charge is 0.243 e. The number of sulfonamides is 1. The van der Waals surface area contributed by atoms with Crippen LogP contribution in [0.2, 0.25) is 5.02 Å². The third-order valence-electron chi connectivity index (χ3n) is 4.58. The molecule has 0 radical (unpaired) electrons. The van der Waals surface area contributed by atoms with Crippen LogP contribution in [0.3, 0.4) is 0 Å². The van der Waals surface area contributed by atoms with E-state index in [0.29, 0.717) is 10.7 Å². The second-order valence-corrected chi connectivity index (χ2v) is 8.92. The maximum absolute atomic E-state index is 13.4. The first-order valence-electron chi connectivity index (χ1n) is 8.81. The van der Waals surface area contributed by atoms with Gasteiger partial charge in [0.2, 0.25) is 15.9 Å². The van der Waals surface area contributed by atoms with E-state index in [0.717, 1.165) is 11.6 Å². The van der Waals surface area contributed by atoms with Crippen molar-refractivity contribution in [1.82, 2.24) is 9.21 Å². The molecule has 1 aliphatic rings. The van der Waals surface area contributed by atoms with Crippen LogP contribution >= 0.6 is 11.6 Å². The van der Waals surface area contributed by atoms with Gasteiger partial charge in [-0.1, -0.05) is 23.7 Å². The van der Waals surface area contributed by atoms with E-state index in [1.165, 1.54) is 22.5 Å². The quantitative estimate of drug-likeness (QED) is 0.799. The van der Waals surface area contributed by atoms with Gasteiger partial charge in [0.1, 0.15) is 5.82 Å². The summed E-state index contributed by atoms with van der Waals surface area (Å²) in [7, 11) is -3.78. The fourth-order valence-electron chi connectivity index (χ4n) is 3.00. The second-order valence-electron chi connectivity index (χ2n) is 6.58. The molecule has 9 heteroatoms. The number of anilines is 1. The molecular weight excluding hydrogens is 405 g/mol. The van der Waals surface area contributed by atoms with Crippen LogP contribution in [0.1, 0.15) is 5.56 Å².